The quantitative estimate of drug-likeness (QED) is 0.641. The van der Waals surface area contributed by atoms with Crippen LogP contribution in [0.15, 0.2) is 75.3 Å². The summed E-state index contributed by atoms with van der Waals surface area (Å²) in [6.07, 6.45) is 1.21. The van der Waals surface area contributed by atoms with E-state index in [1.807, 2.05) is 49.4 Å². The molecule has 1 aliphatic carbocycles. The van der Waals surface area contributed by atoms with Crippen molar-refractivity contribution in [1.29, 1.82) is 5.26 Å². The molecule has 0 radical (unpaired) electrons. The number of aliphatic imine (C=N–C) groups is 1. The molecule has 134 valence electrons. The molecule has 0 aromatic heterocycles. The fraction of sp³-hybridized carbons (Fsp3) is 0.261. The third-order valence-electron chi connectivity index (χ3n) is 5.54. The fourth-order valence-electron chi connectivity index (χ4n) is 4.25. The lowest BCUT2D eigenvalue weighted by atomic mass is 9.69. The maximum absolute atomic E-state index is 13.2. The standard InChI is InChI=1S/C23H19BrN2O/c1-14-18(13-25)22(17-9-5-6-10-19(17)24)23-20(26-14)11-16(12-21(23)27)15-7-3-2-4-8-15/h2-10,16,18,22H,11-12H2,1H3/t16-,18?,22-/m0/s1. The zero-order valence-corrected chi connectivity index (χ0v) is 16.6. The van der Waals surface area contributed by atoms with E-state index in [2.05, 4.69) is 34.1 Å². The average molecular weight is 419 g/mol. The van der Waals surface area contributed by atoms with Crippen LogP contribution in [0.1, 0.15) is 42.7 Å². The number of ketones is 1. The number of carbonyl (C=O) groups is 1. The minimum Gasteiger partial charge on any atom is -0.294 e. The van der Waals surface area contributed by atoms with E-state index in [-0.39, 0.29) is 17.6 Å². The Bertz CT molecular complexity index is 1000. The summed E-state index contributed by atoms with van der Waals surface area (Å²) in [5, 5.41) is 9.81. The van der Waals surface area contributed by atoms with Crippen molar-refractivity contribution in [2.24, 2.45) is 10.9 Å². The van der Waals surface area contributed by atoms with Gasteiger partial charge in [0, 0.05) is 33.8 Å². The second-order valence-corrected chi connectivity index (χ2v) is 8.01. The van der Waals surface area contributed by atoms with Gasteiger partial charge in [-0.15, -0.1) is 0 Å². The summed E-state index contributed by atoms with van der Waals surface area (Å²) >= 11 is 3.61. The van der Waals surface area contributed by atoms with Gasteiger partial charge in [0.15, 0.2) is 5.78 Å². The van der Waals surface area contributed by atoms with Crippen molar-refractivity contribution >= 4 is 27.4 Å². The van der Waals surface area contributed by atoms with Crippen molar-refractivity contribution in [2.45, 2.75) is 31.6 Å². The molecule has 0 fully saturated rings. The molecule has 4 heteroatoms. The number of nitrogens with zero attached hydrogens (tertiary/aromatic N) is 2. The van der Waals surface area contributed by atoms with Crippen molar-refractivity contribution in [3.05, 3.63) is 81.5 Å². The van der Waals surface area contributed by atoms with Gasteiger partial charge in [-0.05, 0) is 36.5 Å². The van der Waals surface area contributed by atoms with E-state index in [1.54, 1.807) is 0 Å². The van der Waals surface area contributed by atoms with Crippen LogP contribution in [0, 0.1) is 17.2 Å². The van der Waals surface area contributed by atoms with Crippen LogP contribution in [-0.2, 0) is 4.79 Å². The molecule has 0 saturated carbocycles. The predicted molar refractivity (Wildman–Crippen MR) is 110 cm³/mol. The van der Waals surface area contributed by atoms with Crippen molar-refractivity contribution in [3.8, 4) is 6.07 Å². The summed E-state index contributed by atoms with van der Waals surface area (Å²) in [5.74, 6) is -0.420. The van der Waals surface area contributed by atoms with E-state index < -0.39 is 5.92 Å². The van der Waals surface area contributed by atoms with Gasteiger partial charge >= 0.3 is 0 Å². The van der Waals surface area contributed by atoms with Gasteiger partial charge in [-0.25, -0.2) is 0 Å². The molecule has 0 amide bonds. The molecule has 2 aromatic rings. The highest BCUT2D eigenvalue weighted by Gasteiger charge is 2.41. The third-order valence-corrected chi connectivity index (χ3v) is 6.26. The Morgan fingerprint density at radius 3 is 2.48 bits per heavy atom. The van der Waals surface area contributed by atoms with Gasteiger partial charge in [-0.1, -0.05) is 64.5 Å². The molecule has 1 unspecified atom stereocenters. The number of Topliss-reactive ketones (excluding diaryl/α,β-unsaturated/α-hetero) is 1. The maximum atomic E-state index is 13.2. The lowest BCUT2D eigenvalue weighted by molar-refractivity contribution is -0.116. The van der Waals surface area contributed by atoms with Crippen LogP contribution < -0.4 is 0 Å². The molecular formula is C23H19BrN2O. The third kappa shape index (κ3) is 3.17. The summed E-state index contributed by atoms with van der Waals surface area (Å²) in [6.45, 7) is 1.90. The Kier molecular flexibility index (Phi) is 4.80. The number of carbonyl (C=O) groups excluding carboxylic acids is 1. The molecule has 0 bridgehead atoms. The van der Waals surface area contributed by atoms with Gasteiger partial charge in [0.2, 0.25) is 0 Å². The van der Waals surface area contributed by atoms with Gasteiger partial charge in [0.25, 0.3) is 0 Å². The summed E-state index contributed by atoms with van der Waals surface area (Å²) in [7, 11) is 0. The molecule has 27 heavy (non-hydrogen) atoms. The molecule has 0 N–H and O–H groups in total. The topological polar surface area (TPSA) is 53.2 Å². The molecule has 2 aromatic carbocycles. The van der Waals surface area contributed by atoms with Gasteiger partial charge in [0.05, 0.1) is 12.0 Å². The molecule has 3 nitrogen and oxygen atoms in total. The number of hydrogen-bond acceptors (Lipinski definition) is 3. The first-order valence-corrected chi connectivity index (χ1v) is 9.90. The first kappa shape index (κ1) is 17.9. The summed E-state index contributed by atoms with van der Waals surface area (Å²) < 4.78 is 0.926. The van der Waals surface area contributed by atoms with Crippen LogP contribution in [0.3, 0.4) is 0 Å². The molecule has 3 atom stereocenters. The summed E-state index contributed by atoms with van der Waals surface area (Å²) in [6, 6.07) is 20.4. The second kappa shape index (κ2) is 7.25. The average Bonchev–Trinajstić information content (AvgIpc) is 2.68. The van der Waals surface area contributed by atoms with E-state index >= 15 is 0 Å². The zero-order chi connectivity index (χ0) is 19.0. The normalized spacial score (nSPS) is 24.9. The number of benzene rings is 2. The first-order chi connectivity index (χ1) is 13.1. The Labute approximate surface area is 167 Å². The van der Waals surface area contributed by atoms with Crippen LogP contribution in [-0.4, -0.2) is 11.5 Å². The number of allylic oxidation sites excluding steroid dienone is 2. The Hall–Kier alpha value is -2.51. The van der Waals surface area contributed by atoms with Crippen LogP contribution in [0.25, 0.3) is 0 Å². The molecule has 1 heterocycles. The highest BCUT2D eigenvalue weighted by atomic mass is 79.9. The number of halogens is 1. The molecular weight excluding hydrogens is 400 g/mol. The molecule has 0 spiro atoms. The maximum Gasteiger partial charge on any atom is 0.161 e. The lowest BCUT2D eigenvalue weighted by Crippen LogP contribution is -2.32. The van der Waals surface area contributed by atoms with Crippen molar-refractivity contribution in [2.75, 3.05) is 0 Å². The smallest absolute Gasteiger partial charge is 0.161 e. The van der Waals surface area contributed by atoms with Crippen molar-refractivity contribution < 1.29 is 4.79 Å². The first-order valence-electron chi connectivity index (χ1n) is 9.10. The minimum absolute atomic E-state index is 0.113. The largest absolute Gasteiger partial charge is 0.294 e. The van der Waals surface area contributed by atoms with Gasteiger partial charge in [-0.3, -0.25) is 9.79 Å². The number of rotatable bonds is 2. The number of nitriles is 1. The monoisotopic (exact) mass is 418 g/mol. The van der Waals surface area contributed by atoms with Gasteiger partial charge in [0.1, 0.15) is 0 Å². The van der Waals surface area contributed by atoms with Gasteiger partial charge < -0.3 is 0 Å². The number of hydrogen-bond donors (Lipinski definition) is 0. The molecule has 0 saturated heterocycles. The van der Waals surface area contributed by atoms with Crippen LogP contribution in [0.2, 0.25) is 0 Å². The van der Waals surface area contributed by atoms with E-state index in [1.165, 1.54) is 5.56 Å². The molecule has 1 aliphatic heterocycles. The van der Waals surface area contributed by atoms with Gasteiger partial charge in [-0.2, -0.15) is 5.26 Å². The highest BCUT2D eigenvalue weighted by molar-refractivity contribution is 9.10. The summed E-state index contributed by atoms with van der Waals surface area (Å²) in [4.78, 5) is 17.9. The zero-order valence-electron chi connectivity index (χ0n) is 15.0. The van der Waals surface area contributed by atoms with Crippen molar-refractivity contribution in [3.63, 3.8) is 0 Å². The summed E-state index contributed by atoms with van der Waals surface area (Å²) in [5.41, 5.74) is 4.53. The molecule has 4 rings (SSSR count). The SMILES string of the molecule is CC1=NC2=C(C(=O)C[C@@H](c3ccccc3)C2)[C@@H](c2ccccc2Br)C1C#N. The Morgan fingerprint density at radius 1 is 1.07 bits per heavy atom. The highest BCUT2D eigenvalue weighted by Crippen LogP contribution is 2.47. The second-order valence-electron chi connectivity index (χ2n) is 7.16. The van der Waals surface area contributed by atoms with E-state index in [4.69, 9.17) is 4.99 Å². The van der Waals surface area contributed by atoms with E-state index in [9.17, 15) is 10.1 Å². The van der Waals surface area contributed by atoms with Crippen LogP contribution in [0.5, 0.6) is 0 Å². The lowest BCUT2D eigenvalue weighted by Gasteiger charge is -2.35. The van der Waals surface area contributed by atoms with Crippen molar-refractivity contribution in [1.82, 2.24) is 0 Å². The Balaban J connectivity index is 1.82. The van der Waals surface area contributed by atoms with Crippen LogP contribution >= 0.6 is 15.9 Å². The Morgan fingerprint density at radius 2 is 1.78 bits per heavy atom. The van der Waals surface area contributed by atoms with Crippen LogP contribution in [0.4, 0.5) is 0 Å². The minimum atomic E-state index is -0.417. The predicted octanol–water partition coefficient (Wildman–Crippen LogP) is 5.55. The van der Waals surface area contributed by atoms with E-state index in [0.717, 1.165) is 33.4 Å². The van der Waals surface area contributed by atoms with E-state index in [0.29, 0.717) is 6.42 Å². The molecule has 2 aliphatic rings. The fourth-order valence-corrected chi connectivity index (χ4v) is 4.78.